The van der Waals surface area contributed by atoms with Crippen LogP contribution in [-0.2, 0) is 19.1 Å². The number of ether oxygens (including phenoxy) is 2. The van der Waals surface area contributed by atoms with Crippen molar-refractivity contribution in [2.75, 3.05) is 47.1 Å². The molecule has 0 fully saturated rings. The Morgan fingerprint density at radius 3 is 2.65 bits per heavy atom. The highest BCUT2D eigenvalue weighted by Gasteiger charge is 2.12. The number of hydrogen-bond acceptors (Lipinski definition) is 4. The number of methoxy groups -OCH3 is 1. The van der Waals surface area contributed by atoms with Crippen LogP contribution in [0.15, 0.2) is 0 Å². The van der Waals surface area contributed by atoms with Gasteiger partial charge in [-0.1, -0.05) is 0 Å². The summed E-state index contributed by atoms with van der Waals surface area (Å²) in [6.45, 7) is 3.54. The van der Waals surface area contributed by atoms with Gasteiger partial charge in [0.1, 0.15) is 6.61 Å². The summed E-state index contributed by atoms with van der Waals surface area (Å²) in [6.07, 6.45) is 0.763. The minimum absolute atomic E-state index is 0.0178. The topological polar surface area (TPSA) is 67.9 Å². The lowest BCUT2D eigenvalue weighted by Crippen LogP contribution is -2.40. The highest BCUT2D eigenvalue weighted by atomic mass is 16.5. The Balaban J connectivity index is 3.67. The molecule has 0 aromatic heterocycles. The van der Waals surface area contributed by atoms with Crippen LogP contribution in [0.3, 0.4) is 0 Å². The van der Waals surface area contributed by atoms with Gasteiger partial charge in [0, 0.05) is 33.9 Å². The summed E-state index contributed by atoms with van der Waals surface area (Å²) < 4.78 is 9.83. The van der Waals surface area contributed by atoms with Crippen molar-refractivity contribution < 1.29 is 19.1 Å². The molecule has 0 aliphatic rings. The van der Waals surface area contributed by atoms with Crippen LogP contribution in [0.25, 0.3) is 0 Å². The standard InChI is InChI=1S/C11H22N2O4/c1-4-17-9-11(15)13(2)8-10(14)12-6-5-7-16-3/h4-9H2,1-3H3,(H,12,14). The van der Waals surface area contributed by atoms with Crippen molar-refractivity contribution >= 4 is 11.8 Å². The maximum Gasteiger partial charge on any atom is 0.248 e. The minimum Gasteiger partial charge on any atom is -0.385 e. The van der Waals surface area contributed by atoms with Crippen molar-refractivity contribution in [2.24, 2.45) is 0 Å². The van der Waals surface area contributed by atoms with Gasteiger partial charge in [-0.25, -0.2) is 0 Å². The van der Waals surface area contributed by atoms with Gasteiger partial charge in [-0.3, -0.25) is 9.59 Å². The monoisotopic (exact) mass is 246 g/mol. The third kappa shape index (κ3) is 8.65. The molecule has 0 radical (unpaired) electrons. The normalized spacial score (nSPS) is 10.1. The van der Waals surface area contributed by atoms with E-state index in [9.17, 15) is 9.59 Å². The van der Waals surface area contributed by atoms with Crippen LogP contribution < -0.4 is 5.32 Å². The molecule has 0 unspecified atom stereocenters. The molecule has 0 rings (SSSR count). The number of nitrogens with one attached hydrogen (secondary N) is 1. The van der Waals surface area contributed by atoms with E-state index in [1.807, 2.05) is 6.92 Å². The molecule has 0 aliphatic carbocycles. The van der Waals surface area contributed by atoms with Crippen LogP contribution in [0.4, 0.5) is 0 Å². The molecule has 0 bridgehead atoms. The van der Waals surface area contributed by atoms with E-state index < -0.39 is 0 Å². The van der Waals surface area contributed by atoms with E-state index in [1.54, 1.807) is 14.2 Å². The molecule has 0 saturated carbocycles. The first kappa shape index (κ1) is 15.9. The number of hydrogen-bond donors (Lipinski definition) is 1. The zero-order valence-electron chi connectivity index (χ0n) is 10.8. The predicted molar refractivity (Wildman–Crippen MR) is 63.6 cm³/mol. The average Bonchev–Trinajstić information content (AvgIpc) is 2.31. The second-order valence-electron chi connectivity index (χ2n) is 3.58. The Bertz CT molecular complexity index is 234. The fraction of sp³-hybridized carbons (Fsp3) is 0.818. The number of nitrogens with zero attached hydrogens (tertiary/aromatic N) is 1. The van der Waals surface area contributed by atoms with E-state index in [4.69, 9.17) is 9.47 Å². The molecule has 1 N–H and O–H groups in total. The third-order valence-corrected chi connectivity index (χ3v) is 2.08. The largest absolute Gasteiger partial charge is 0.385 e. The Hall–Kier alpha value is -1.14. The number of carbonyl (C=O) groups is 2. The van der Waals surface area contributed by atoms with Gasteiger partial charge in [0.15, 0.2) is 0 Å². The van der Waals surface area contributed by atoms with Crippen molar-refractivity contribution in [3.05, 3.63) is 0 Å². The molecule has 100 valence electrons. The lowest BCUT2D eigenvalue weighted by Gasteiger charge is -2.16. The number of likely N-dealkylation sites (N-methyl/N-ethyl adjacent to an activating group) is 1. The van der Waals surface area contributed by atoms with Crippen molar-refractivity contribution in [3.63, 3.8) is 0 Å². The summed E-state index contributed by atoms with van der Waals surface area (Å²) in [7, 11) is 3.19. The summed E-state index contributed by atoms with van der Waals surface area (Å²) in [4.78, 5) is 24.2. The first-order chi connectivity index (χ1) is 8.11. The molecular weight excluding hydrogens is 224 g/mol. The summed E-state index contributed by atoms with van der Waals surface area (Å²) >= 11 is 0. The van der Waals surface area contributed by atoms with Gasteiger partial charge in [-0.15, -0.1) is 0 Å². The molecule has 0 aliphatic heterocycles. The molecule has 0 aromatic rings. The number of rotatable bonds is 9. The Morgan fingerprint density at radius 2 is 2.06 bits per heavy atom. The van der Waals surface area contributed by atoms with Gasteiger partial charge >= 0.3 is 0 Å². The molecule has 0 atom stereocenters. The highest BCUT2D eigenvalue weighted by molar-refractivity contribution is 5.85. The lowest BCUT2D eigenvalue weighted by molar-refractivity contribution is -0.138. The van der Waals surface area contributed by atoms with Crippen LogP contribution in [0, 0.1) is 0 Å². The average molecular weight is 246 g/mol. The maximum absolute atomic E-state index is 11.4. The summed E-state index contributed by atoms with van der Waals surface area (Å²) in [5.74, 6) is -0.368. The Morgan fingerprint density at radius 1 is 1.35 bits per heavy atom. The van der Waals surface area contributed by atoms with E-state index >= 15 is 0 Å². The van der Waals surface area contributed by atoms with E-state index in [0.717, 1.165) is 6.42 Å². The molecule has 0 heterocycles. The van der Waals surface area contributed by atoms with E-state index in [0.29, 0.717) is 19.8 Å². The van der Waals surface area contributed by atoms with Crippen LogP contribution in [0.1, 0.15) is 13.3 Å². The molecule has 0 aromatic carbocycles. The van der Waals surface area contributed by atoms with Crippen LogP contribution in [-0.4, -0.2) is 63.8 Å². The Kier molecular flexibility index (Phi) is 9.37. The van der Waals surface area contributed by atoms with Gasteiger partial charge < -0.3 is 19.7 Å². The lowest BCUT2D eigenvalue weighted by atomic mass is 10.4. The third-order valence-electron chi connectivity index (χ3n) is 2.08. The SMILES string of the molecule is CCOCC(=O)N(C)CC(=O)NCCCOC. The first-order valence-corrected chi connectivity index (χ1v) is 5.69. The smallest absolute Gasteiger partial charge is 0.248 e. The Labute approximate surface area is 102 Å². The van der Waals surface area contributed by atoms with Gasteiger partial charge in [-0.05, 0) is 13.3 Å². The fourth-order valence-electron chi connectivity index (χ4n) is 1.10. The predicted octanol–water partition coefficient (Wildman–Crippen LogP) is -0.366. The van der Waals surface area contributed by atoms with Crippen molar-refractivity contribution in [2.45, 2.75) is 13.3 Å². The highest BCUT2D eigenvalue weighted by Crippen LogP contribution is 1.87. The first-order valence-electron chi connectivity index (χ1n) is 5.69. The molecule has 0 spiro atoms. The second kappa shape index (κ2) is 10.0. The van der Waals surface area contributed by atoms with Gasteiger partial charge in [0.25, 0.3) is 0 Å². The van der Waals surface area contributed by atoms with E-state index in [-0.39, 0.29) is 25.0 Å². The van der Waals surface area contributed by atoms with Crippen LogP contribution in [0.5, 0.6) is 0 Å². The van der Waals surface area contributed by atoms with E-state index in [1.165, 1.54) is 4.90 Å². The molecule has 6 nitrogen and oxygen atoms in total. The van der Waals surface area contributed by atoms with Gasteiger partial charge in [0.05, 0.1) is 6.54 Å². The van der Waals surface area contributed by atoms with E-state index in [2.05, 4.69) is 5.32 Å². The quantitative estimate of drug-likeness (QED) is 0.564. The molecular formula is C11H22N2O4. The molecule has 2 amide bonds. The number of amides is 2. The maximum atomic E-state index is 11.4. The van der Waals surface area contributed by atoms with Gasteiger partial charge in [0.2, 0.25) is 11.8 Å². The molecule has 6 heteroatoms. The zero-order chi connectivity index (χ0) is 13.1. The van der Waals surface area contributed by atoms with Crippen molar-refractivity contribution in [1.29, 1.82) is 0 Å². The van der Waals surface area contributed by atoms with Crippen LogP contribution in [0.2, 0.25) is 0 Å². The minimum atomic E-state index is -0.195. The second-order valence-corrected chi connectivity index (χ2v) is 3.58. The molecule has 0 saturated heterocycles. The van der Waals surface area contributed by atoms with Gasteiger partial charge in [-0.2, -0.15) is 0 Å². The van der Waals surface area contributed by atoms with Crippen molar-refractivity contribution in [1.82, 2.24) is 10.2 Å². The zero-order valence-corrected chi connectivity index (χ0v) is 10.8. The van der Waals surface area contributed by atoms with Crippen molar-refractivity contribution in [3.8, 4) is 0 Å². The summed E-state index contributed by atoms with van der Waals surface area (Å²) in [5, 5.41) is 2.71. The molecule has 17 heavy (non-hydrogen) atoms. The van der Waals surface area contributed by atoms with Crippen LogP contribution >= 0.6 is 0 Å². The summed E-state index contributed by atoms with van der Waals surface area (Å²) in [5.41, 5.74) is 0. The fourth-order valence-corrected chi connectivity index (χ4v) is 1.10. The summed E-state index contributed by atoms with van der Waals surface area (Å²) in [6, 6.07) is 0. The number of carbonyl (C=O) groups excluding carboxylic acids is 2.